The highest BCUT2D eigenvalue weighted by Gasteiger charge is 2.30. The first-order chi connectivity index (χ1) is 12.6. The van der Waals surface area contributed by atoms with Gasteiger partial charge in [0.1, 0.15) is 0 Å². The van der Waals surface area contributed by atoms with Gasteiger partial charge in [-0.15, -0.1) is 5.10 Å². The Hall–Kier alpha value is -2.35. The summed E-state index contributed by atoms with van der Waals surface area (Å²) in [7, 11) is 0. The number of ether oxygens (including phenoxy) is 1. The fourth-order valence-electron chi connectivity index (χ4n) is 2.99. The number of aliphatic hydroxyl groups excluding tert-OH is 1. The van der Waals surface area contributed by atoms with E-state index >= 15 is 0 Å². The van der Waals surface area contributed by atoms with Crippen LogP contribution < -0.4 is 5.32 Å². The van der Waals surface area contributed by atoms with Crippen molar-refractivity contribution in [3.05, 3.63) is 53.2 Å². The van der Waals surface area contributed by atoms with E-state index < -0.39 is 6.10 Å². The molecule has 0 bridgehead atoms. The predicted molar refractivity (Wildman–Crippen MR) is 97.9 cm³/mol. The van der Waals surface area contributed by atoms with Crippen LogP contribution in [0.1, 0.15) is 28.5 Å². The summed E-state index contributed by atoms with van der Waals surface area (Å²) in [6.07, 6.45) is -0.449. The molecule has 1 aliphatic heterocycles. The summed E-state index contributed by atoms with van der Waals surface area (Å²) in [5, 5.41) is 20.6. The Morgan fingerprint density at radius 2 is 2.00 bits per heavy atom. The molecule has 0 aliphatic carbocycles. The molecule has 1 amide bonds. The van der Waals surface area contributed by atoms with Crippen molar-refractivity contribution in [3.63, 3.8) is 0 Å². The maximum Gasteiger partial charge on any atom is 0.256 e. The van der Waals surface area contributed by atoms with Crippen molar-refractivity contribution in [2.45, 2.75) is 32.5 Å². The largest absolute Gasteiger partial charge is 0.389 e. The lowest BCUT2D eigenvalue weighted by Crippen LogP contribution is -2.42. The van der Waals surface area contributed by atoms with Gasteiger partial charge in [-0.25, -0.2) is 0 Å². The summed E-state index contributed by atoms with van der Waals surface area (Å²) >= 11 is 0. The fraction of sp³-hybridized carbons (Fsp3) is 0.421. The smallest absolute Gasteiger partial charge is 0.256 e. The molecular formula is C19H24N4O3. The number of aromatic nitrogens is 2. The summed E-state index contributed by atoms with van der Waals surface area (Å²) in [4.78, 5) is 14.5. The first kappa shape index (κ1) is 18.4. The van der Waals surface area contributed by atoms with E-state index in [1.165, 1.54) is 0 Å². The van der Waals surface area contributed by atoms with Gasteiger partial charge < -0.3 is 15.2 Å². The number of amides is 1. The van der Waals surface area contributed by atoms with Crippen LogP contribution in [0, 0.1) is 6.92 Å². The normalized spacial score (nSPS) is 19.7. The zero-order chi connectivity index (χ0) is 18.5. The molecule has 2 N–H and O–H groups in total. The highest BCUT2D eigenvalue weighted by molar-refractivity contribution is 6.03. The number of likely N-dealkylation sites (N-methyl/N-ethyl adjacent to an activating group) is 1. The van der Waals surface area contributed by atoms with E-state index in [1.807, 2.05) is 19.1 Å². The number of nitrogens with zero attached hydrogens (tertiary/aromatic N) is 3. The standard InChI is InChI=1S/C19H24N4O3/c1-3-23(16-11-26-12-17(16)24)10-14-5-7-15(8-6-14)19(25)20-18-9-4-13(2)21-22-18/h4-9,16-17,24H,3,10-12H2,1-2H3,(H,20,22,25)/t16-,17-/m1/s1. The van der Waals surface area contributed by atoms with Crippen LogP contribution in [0.3, 0.4) is 0 Å². The molecule has 7 heteroatoms. The van der Waals surface area contributed by atoms with Crippen LogP contribution in [-0.4, -0.2) is 58.0 Å². The topological polar surface area (TPSA) is 87.6 Å². The SMILES string of the molecule is CCN(Cc1ccc(C(=O)Nc2ccc(C)nn2)cc1)[C@@H]1COC[C@H]1O. The maximum atomic E-state index is 12.3. The summed E-state index contributed by atoms with van der Waals surface area (Å²) in [6, 6.07) is 11.0. The van der Waals surface area contributed by atoms with Crippen LogP contribution in [0.5, 0.6) is 0 Å². The van der Waals surface area contributed by atoms with E-state index in [2.05, 4.69) is 27.3 Å². The van der Waals surface area contributed by atoms with Gasteiger partial charge in [0.15, 0.2) is 5.82 Å². The van der Waals surface area contributed by atoms with E-state index in [4.69, 9.17) is 4.74 Å². The molecule has 2 aromatic rings. The van der Waals surface area contributed by atoms with Crippen LogP contribution >= 0.6 is 0 Å². The number of anilines is 1. The third-order valence-electron chi connectivity index (χ3n) is 4.54. The van der Waals surface area contributed by atoms with E-state index in [9.17, 15) is 9.90 Å². The van der Waals surface area contributed by atoms with Crippen LogP contribution in [0.15, 0.2) is 36.4 Å². The fourth-order valence-corrected chi connectivity index (χ4v) is 2.99. The average Bonchev–Trinajstić information content (AvgIpc) is 3.08. The molecule has 3 rings (SSSR count). The van der Waals surface area contributed by atoms with Gasteiger partial charge in [0.2, 0.25) is 0 Å². The Morgan fingerprint density at radius 3 is 2.58 bits per heavy atom. The van der Waals surface area contributed by atoms with Crippen molar-refractivity contribution in [2.75, 3.05) is 25.1 Å². The predicted octanol–water partition coefficient (Wildman–Crippen LogP) is 1.62. The molecule has 0 radical (unpaired) electrons. The van der Waals surface area contributed by atoms with Gasteiger partial charge in [-0.05, 0) is 43.3 Å². The number of rotatable bonds is 6. The number of carbonyl (C=O) groups excluding carboxylic acids is 1. The molecule has 0 spiro atoms. The quantitative estimate of drug-likeness (QED) is 0.818. The minimum Gasteiger partial charge on any atom is -0.389 e. The molecule has 2 heterocycles. The van der Waals surface area contributed by atoms with Gasteiger partial charge in [-0.2, -0.15) is 5.10 Å². The molecule has 1 aromatic heterocycles. The van der Waals surface area contributed by atoms with Crippen LogP contribution in [0.4, 0.5) is 5.82 Å². The van der Waals surface area contributed by atoms with Crippen LogP contribution in [0.2, 0.25) is 0 Å². The van der Waals surface area contributed by atoms with Gasteiger partial charge in [-0.1, -0.05) is 19.1 Å². The van der Waals surface area contributed by atoms with Crippen molar-refractivity contribution >= 4 is 11.7 Å². The first-order valence-electron chi connectivity index (χ1n) is 8.77. The number of carbonyl (C=O) groups is 1. The van der Waals surface area contributed by atoms with Gasteiger partial charge >= 0.3 is 0 Å². The highest BCUT2D eigenvalue weighted by Crippen LogP contribution is 2.17. The molecule has 0 saturated carbocycles. The molecule has 138 valence electrons. The molecular weight excluding hydrogens is 332 g/mol. The Kier molecular flexibility index (Phi) is 5.92. The summed E-state index contributed by atoms with van der Waals surface area (Å²) in [5.41, 5.74) is 2.44. The Bertz CT molecular complexity index is 733. The monoisotopic (exact) mass is 356 g/mol. The lowest BCUT2D eigenvalue weighted by molar-refractivity contribution is 0.0808. The number of aryl methyl sites for hydroxylation is 1. The number of hydrogen-bond donors (Lipinski definition) is 2. The van der Waals surface area contributed by atoms with Crippen molar-refractivity contribution in [3.8, 4) is 0 Å². The van der Waals surface area contributed by atoms with Crippen molar-refractivity contribution in [1.82, 2.24) is 15.1 Å². The van der Waals surface area contributed by atoms with E-state index in [-0.39, 0.29) is 11.9 Å². The van der Waals surface area contributed by atoms with Crippen molar-refractivity contribution < 1.29 is 14.6 Å². The van der Waals surface area contributed by atoms with Crippen LogP contribution in [-0.2, 0) is 11.3 Å². The zero-order valence-corrected chi connectivity index (χ0v) is 15.1. The minimum absolute atomic E-state index is 0.0167. The Balaban J connectivity index is 1.62. The second-order valence-electron chi connectivity index (χ2n) is 6.45. The van der Waals surface area contributed by atoms with E-state index in [1.54, 1.807) is 24.3 Å². The first-order valence-corrected chi connectivity index (χ1v) is 8.77. The van der Waals surface area contributed by atoms with Crippen LogP contribution in [0.25, 0.3) is 0 Å². The van der Waals surface area contributed by atoms with Crippen molar-refractivity contribution in [1.29, 1.82) is 0 Å². The minimum atomic E-state index is -0.449. The highest BCUT2D eigenvalue weighted by atomic mass is 16.5. The molecule has 7 nitrogen and oxygen atoms in total. The second kappa shape index (κ2) is 8.35. The third kappa shape index (κ3) is 4.43. The molecule has 1 aliphatic rings. The second-order valence-corrected chi connectivity index (χ2v) is 6.45. The molecule has 2 atom stereocenters. The van der Waals surface area contributed by atoms with Gasteiger partial charge in [0.05, 0.1) is 31.1 Å². The summed E-state index contributed by atoms with van der Waals surface area (Å²) in [6.45, 7) is 6.37. The molecule has 0 unspecified atom stereocenters. The number of aliphatic hydroxyl groups is 1. The number of nitrogens with one attached hydrogen (secondary N) is 1. The van der Waals surface area contributed by atoms with E-state index in [0.29, 0.717) is 31.1 Å². The van der Waals surface area contributed by atoms with Crippen molar-refractivity contribution in [2.24, 2.45) is 0 Å². The Morgan fingerprint density at radius 1 is 1.23 bits per heavy atom. The summed E-state index contributed by atoms with van der Waals surface area (Å²) < 4.78 is 5.35. The molecule has 1 fully saturated rings. The zero-order valence-electron chi connectivity index (χ0n) is 15.1. The lowest BCUT2D eigenvalue weighted by Gasteiger charge is -2.28. The van der Waals surface area contributed by atoms with E-state index in [0.717, 1.165) is 17.8 Å². The third-order valence-corrected chi connectivity index (χ3v) is 4.54. The Labute approximate surface area is 153 Å². The lowest BCUT2D eigenvalue weighted by atomic mass is 10.1. The number of benzene rings is 1. The molecule has 26 heavy (non-hydrogen) atoms. The van der Waals surface area contributed by atoms with Gasteiger partial charge in [-0.3, -0.25) is 9.69 Å². The van der Waals surface area contributed by atoms with Gasteiger partial charge in [0, 0.05) is 12.1 Å². The molecule has 1 aromatic carbocycles. The van der Waals surface area contributed by atoms with Gasteiger partial charge in [0.25, 0.3) is 5.91 Å². The number of hydrogen-bond acceptors (Lipinski definition) is 6. The maximum absolute atomic E-state index is 12.3. The summed E-state index contributed by atoms with van der Waals surface area (Å²) in [5.74, 6) is 0.207. The molecule has 1 saturated heterocycles. The average molecular weight is 356 g/mol.